The number of carbonyl (C=O) groups excluding carboxylic acids is 1. The second-order valence-corrected chi connectivity index (χ2v) is 6.73. The summed E-state index contributed by atoms with van der Waals surface area (Å²) in [5.74, 6) is 0.348. The molecule has 2 rings (SSSR count). The zero-order valence-electron chi connectivity index (χ0n) is 12.7. The Balaban J connectivity index is 1.90. The Kier molecular flexibility index (Phi) is 5.40. The molecule has 1 amide bonds. The minimum atomic E-state index is -3.30. The molecule has 0 fully saturated rings. The van der Waals surface area contributed by atoms with E-state index in [2.05, 4.69) is 25.2 Å². The van der Waals surface area contributed by atoms with E-state index >= 15 is 0 Å². The number of hydrogen-bond acceptors (Lipinski definition) is 7. The summed E-state index contributed by atoms with van der Waals surface area (Å²) in [4.78, 5) is 19.9. The molecule has 0 aliphatic carbocycles. The molecule has 0 aromatic carbocycles. The van der Waals surface area contributed by atoms with Crippen molar-refractivity contribution in [3.8, 4) is 11.4 Å². The molecule has 0 radical (unpaired) electrons. The van der Waals surface area contributed by atoms with Crippen molar-refractivity contribution in [2.24, 2.45) is 0 Å². The van der Waals surface area contributed by atoms with Gasteiger partial charge in [-0.1, -0.05) is 5.16 Å². The smallest absolute Gasteiger partial charge is 0.249 e. The highest BCUT2D eigenvalue weighted by molar-refractivity contribution is 7.88. The highest BCUT2D eigenvalue weighted by Crippen LogP contribution is 2.17. The summed E-state index contributed by atoms with van der Waals surface area (Å²) < 4.78 is 29.2. The highest BCUT2D eigenvalue weighted by atomic mass is 32.2. The molecule has 2 aromatic heterocycles. The summed E-state index contributed by atoms with van der Waals surface area (Å²) >= 11 is 0. The van der Waals surface area contributed by atoms with E-state index in [-0.39, 0.29) is 24.8 Å². The largest absolute Gasteiger partial charge is 0.345 e. The van der Waals surface area contributed by atoms with Gasteiger partial charge < -0.3 is 9.84 Å². The molecule has 10 heteroatoms. The van der Waals surface area contributed by atoms with Gasteiger partial charge in [-0.15, -0.1) is 0 Å². The molecule has 0 saturated carbocycles. The number of amides is 1. The van der Waals surface area contributed by atoms with Crippen LogP contribution in [0.15, 0.2) is 29.0 Å². The van der Waals surface area contributed by atoms with Crippen LogP contribution in [0.25, 0.3) is 11.4 Å². The van der Waals surface area contributed by atoms with Crippen LogP contribution < -0.4 is 10.0 Å². The highest BCUT2D eigenvalue weighted by Gasteiger charge is 2.17. The lowest BCUT2D eigenvalue weighted by atomic mass is 10.2. The second-order valence-electron chi connectivity index (χ2n) is 4.90. The van der Waals surface area contributed by atoms with Crippen molar-refractivity contribution in [1.82, 2.24) is 25.2 Å². The third-order valence-electron chi connectivity index (χ3n) is 2.84. The van der Waals surface area contributed by atoms with Crippen LogP contribution >= 0.6 is 0 Å². The van der Waals surface area contributed by atoms with Crippen LogP contribution in [0.3, 0.4) is 0 Å². The summed E-state index contributed by atoms with van der Waals surface area (Å²) in [5, 5.41) is 6.52. The average Bonchev–Trinajstić information content (AvgIpc) is 2.96. The summed E-state index contributed by atoms with van der Waals surface area (Å²) in [7, 11) is -3.30. The van der Waals surface area contributed by atoms with E-state index in [0.29, 0.717) is 5.82 Å². The summed E-state index contributed by atoms with van der Waals surface area (Å²) in [6.07, 6.45) is 4.28. The standard InChI is InChI=1S/C13H17N5O4S/c1-9(16-11(19)5-8-15-23(2,20)21)13-17-12(18-22-13)10-3-6-14-7-4-10/h3-4,6-7,9,15H,5,8H2,1-2H3,(H,16,19)/t9-/m1/s1. The maximum Gasteiger partial charge on any atom is 0.249 e. The minimum Gasteiger partial charge on any atom is -0.345 e. The molecular formula is C13H17N5O4S. The minimum absolute atomic E-state index is 0.0166. The number of nitrogens with one attached hydrogen (secondary N) is 2. The average molecular weight is 339 g/mol. The van der Waals surface area contributed by atoms with E-state index < -0.39 is 16.1 Å². The van der Waals surface area contributed by atoms with E-state index in [9.17, 15) is 13.2 Å². The predicted molar refractivity (Wildman–Crippen MR) is 81.6 cm³/mol. The second kappa shape index (κ2) is 7.29. The molecular weight excluding hydrogens is 322 g/mol. The van der Waals surface area contributed by atoms with Gasteiger partial charge in [0.05, 0.1) is 6.26 Å². The van der Waals surface area contributed by atoms with Crippen LogP contribution in [0, 0.1) is 0 Å². The van der Waals surface area contributed by atoms with E-state index in [4.69, 9.17) is 4.52 Å². The number of aromatic nitrogens is 3. The first-order chi connectivity index (χ1) is 10.8. The molecule has 23 heavy (non-hydrogen) atoms. The molecule has 0 unspecified atom stereocenters. The van der Waals surface area contributed by atoms with Crippen molar-refractivity contribution in [1.29, 1.82) is 0 Å². The van der Waals surface area contributed by atoms with Gasteiger partial charge in [0, 0.05) is 30.9 Å². The molecule has 0 saturated heterocycles. The van der Waals surface area contributed by atoms with Gasteiger partial charge in [0.1, 0.15) is 6.04 Å². The molecule has 0 aliphatic heterocycles. The molecule has 9 nitrogen and oxygen atoms in total. The van der Waals surface area contributed by atoms with Crippen molar-refractivity contribution >= 4 is 15.9 Å². The van der Waals surface area contributed by atoms with Gasteiger partial charge in [-0.05, 0) is 19.1 Å². The van der Waals surface area contributed by atoms with Gasteiger partial charge in [0.2, 0.25) is 27.6 Å². The zero-order chi connectivity index (χ0) is 16.9. The summed E-state index contributed by atoms with van der Waals surface area (Å²) in [6, 6.07) is 3.01. The van der Waals surface area contributed by atoms with Gasteiger partial charge in [0.25, 0.3) is 0 Å². The lowest BCUT2D eigenvalue weighted by molar-refractivity contribution is -0.121. The van der Waals surface area contributed by atoms with Crippen LogP contribution in [-0.2, 0) is 14.8 Å². The molecule has 2 heterocycles. The molecule has 2 aromatic rings. The molecule has 2 N–H and O–H groups in total. The maximum atomic E-state index is 11.7. The Morgan fingerprint density at radius 1 is 1.35 bits per heavy atom. The number of carbonyl (C=O) groups is 1. The van der Waals surface area contributed by atoms with Gasteiger partial charge in [-0.2, -0.15) is 4.98 Å². The first-order valence-electron chi connectivity index (χ1n) is 6.83. The van der Waals surface area contributed by atoms with Crippen molar-refractivity contribution < 1.29 is 17.7 Å². The number of pyridine rings is 1. The Morgan fingerprint density at radius 2 is 2.04 bits per heavy atom. The normalized spacial score (nSPS) is 12.8. The van der Waals surface area contributed by atoms with E-state index in [1.807, 2.05) is 0 Å². The number of rotatable bonds is 7. The monoisotopic (exact) mass is 339 g/mol. The maximum absolute atomic E-state index is 11.7. The van der Waals surface area contributed by atoms with Crippen LogP contribution in [0.4, 0.5) is 0 Å². The Labute approximate surface area is 133 Å². The van der Waals surface area contributed by atoms with E-state index in [0.717, 1.165) is 11.8 Å². The van der Waals surface area contributed by atoms with E-state index in [1.54, 1.807) is 31.5 Å². The fourth-order valence-corrected chi connectivity index (χ4v) is 2.23. The molecule has 124 valence electrons. The van der Waals surface area contributed by atoms with Crippen molar-refractivity contribution in [2.45, 2.75) is 19.4 Å². The molecule has 0 aliphatic rings. The number of sulfonamides is 1. The third-order valence-corrected chi connectivity index (χ3v) is 3.57. The van der Waals surface area contributed by atoms with Crippen LogP contribution in [0.1, 0.15) is 25.3 Å². The molecule has 1 atom stereocenters. The summed E-state index contributed by atoms with van der Waals surface area (Å²) in [5.41, 5.74) is 0.755. The number of hydrogen-bond donors (Lipinski definition) is 2. The quantitative estimate of drug-likeness (QED) is 0.740. The molecule has 0 bridgehead atoms. The lowest BCUT2D eigenvalue weighted by Crippen LogP contribution is -2.31. The Hall–Kier alpha value is -2.33. The Bertz CT molecular complexity index is 760. The first kappa shape index (κ1) is 17.0. The topological polar surface area (TPSA) is 127 Å². The van der Waals surface area contributed by atoms with Gasteiger partial charge >= 0.3 is 0 Å². The van der Waals surface area contributed by atoms with Gasteiger partial charge in [0.15, 0.2) is 0 Å². The first-order valence-corrected chi connectivity index (χ1v) is 8.72. The lowest BCUT2D eigenvalue weighted by Gasteiger charge is -2.09. The van der Waals surface area contributed by atoms with Crippen molar-refractivity contribution in [2.75, 3.05) is 12.8 Å². The van der Waals surface area contributed by atoms with Gasteiger partial charge in [-0.25, -0.2) is 13.1 Å². The van der Waals surface area contributed by atoms with Crippen LogP contribution in [0.2, 0.25) is 0 Å². The molecule has 0 spiro atoms. The van der Waals surface area contributed by atoms with Crippen LogP contribution in [0.5, 0.6) is 0 Å². The fraction of sp³-hybridized carbons (Fsp3) is 0.385. The van der Waals surface area contributed by atoms with E-state index in [1.165, 1.54) is 0 Å². The van der Waals surface area contributed by atoms with Gasteiger partial charge in [-0.3, -0.25) is 9.78 Å². The van der Waals surface area contributed by atoms with Crippen molar-refractivity contribution in [3.05, 3.63) is 30.4 Å². The summed E-state index contributed by atoms with van der Waals surface area (Å²) in [6.45, 7) is 1.73. The Morgan fingerprint density at radius 3 is 2.70 bits per heavy atom. The van der Waals surface area contributed by atoms with Crippen molar-refractivity contribution in [3.63, 3.8) is 0 Å². The zero-order valence-corrected chi connectivity index (χ0v) is 13.5. The SMILES string of the molecule is C[C@@H](NC(=O)CCNS(C)(=O)=O)c1nc(-c2ccncc2)no1. The fourth-order valence-electron chi connectivity index (χ4n) is 1.75. The predicted octanol–water partition coefficient (Wildman–Crippen LogP) is 0.248. The number of nitrogens with zero attached hydrogens (tertiary/aromatic N) is 3. The third kappa shape index (κ3) is 5.42. The van der Waals surface area contributed by atoms with Crippen LogP contribution in [-0.4, -0.2) is 42.3 Å².